The van der Waals surface area contributed by atoms with Gasteiger partial charge in [-0.25, -0.2) is 4.98 Å². The van der Waals surface area contributed by atoms with Crippen molar-refractivity contribution in [3.05, 3.63) is 50.3 Å². The summed E-state index contributed by atoms with van der Waals surface area (Å²) >= 11 is 1.55. The number of carbonyl (C=O) groups excluding carboxylic acids is 1. The maximum Gasteiger partial charge on any atom is 0.253 e. The molecule has 0 spiro atoms. The van der Waals surface area contributed by atoms with Gasteiger partial charge in [0.25, 0.3) is 5.91 Å². The third-order valence-electron chi connectivity index (χ3n) is 2.40. The number of amides is 1. The lowest BCUT2D eigenvalue weighted by molar-refractivity contribution is 0.0939. The Bertz CT molecular complexity index is 597. The Balaban J connectivity index is 2.07. The van der Waals surface area contributed by atoms with E-state index in [1.807, 2.05) is 13.8 Å². The molecule has 0 saturated carbocycles. The number of rotatable bonds is 3. The minimum Gasteiger partial charge on any atom is -0.343 e. The van der Waals surface area contributed by atoms with Crippen LogP contribution in [-0.4, -0.2) is 15.9 Å². The Morgan fingerprint density at radius 3 is 2.83 bits per heavy atom. The van der Waals surface area contributed by atoms with E-state index >= 15 is 0 Å². The average Bonchev–Trinajstić information content (AvgIpc) is 2.76. The highest BCUT2D eigenvalue weighted by molar-refractivity contribution is 7.11. The van der Waals surface area contributed by atoms with Crippen LogP contribution < -0.4 is 10.9 Å². The minimum absolute atomic E-state index is 0.150. The van der Waals surface area contributed by atoms with Gasteiger partial charge in [0.15, 0.2) is 0 Å². The van der Waals surface area contributed by atoms with Gasteiger partial charge in [-0.3, -0.25) is 9.59 Å². The third-order valence-corrected chi connectivity index (χ3v) is 3.50. The van der Waals surface area contributed by atoms with Crippen molar-refractivity contribution in [2.75, 3.05) is 0 Å². The van der Waals surface area contributed by atoms with E-state index in [1.165, 1.54) is 18.3 Å². The summed E-state index contributed by atoms with van der Waals surface area (Å²) in [5.41, 5.74) is 0.199. The van der Waals surface area contributed by atoms with Gasteiger partial charge in [0.1, 0.15) is 5.01 Å². The number of thiazole rings is 1. The molecule has 2 heterocycles. The fraction of sp³-hybridized carbons (Fsp3) is 0.250. The highest BCUT2D eigenvalue weighted by atomic mass is 32.1. The lowest BCUT2D eigenvalue weighted by atomic mass is 10.2. The van der Waals surface area contributed by atoms with Gasteiger partial charge in [-0.1, -0.05) is 0 Å². The van der Waals surface area contributed by atoms with Crippen LogP contribution in [0.1, 0.15) is 33.2 Å². The molecule has 2 rings (SSSR count). The summed E-state index contributed by atoms with van der Waals surface area (Å²) in [6.45, 7) is 3.85. The Hall–Kier alpha value is -1.95. The first-order valence-corrected chi connectivity index (χ1v) is 6.30. The van der Waals surface area contributed by atoms with Crippen LogP contribution in [0.5, 0.6) is 0 Å². The Kier molecular flexibility index (Phi) is 3.57. The molecule has 6 heteroatoms. The van der Waals surface area contributed by atoms with Gasteiger partial charge < -0.3 is 10.3 Å². The molecule has 1 atom stereocenters. The number of aromatic amines is 1. The number of H-pyrrole nitrogens is 1. The number of nitrogens with zero attached hydrogens (tertiary/aromatic N) is 1. The molecule has 0 fully saturated rings. The zero-order valence-corrected chi connectivity index (χ0v) is 10.9. The first-order valence-electron chi connectivity index (χ1n) is 5.48. The van der Waals surface area contributed by atoms with E-state index in [0.29, 0.717) is 5.56 Å². The monoisotopic (exact) mass is 263 g/mol. The van der Waals surface area contributed by atoms with E-state index in [4.69, 9.17) is 0 Å². The van der Waals surface area contributed by atoms with E-state index in [9.17, 15) is 9.59 Å². The average molecular weight is 263 g/mol. The highest BCUT2D eigenvalue weighted by Gasteiger charge is 2.13. The summed E-state index contributed by atoms with van der Waals surface area (Å²) in [5, 5.41) is 3.70. The van der Waals surface area contributed by atoms with Crippen LogP contribution in [0.4, 0.5) is 0 Å². The zero-order valence-electron chi connectivity index (χ0n) is 10.1. The van der Waals surface area contributed by atoms with Crippen molar-refractivity contribution in [2.24, 2.45) is 0 Å². The van der Waals surface area contributed by atoms with Crippen LogP contribution in [0.25, 0.3) is 0 Å². The van der Waals surface area contributed by atoms with E-state index in [2.05, 4.69) is 15.3 Å². The van der Waals surface area contributed by atoms with E-state index in [0.717, 1.165) is 9.88 Å². The fourth-order valence-corrected chi connectivity index (χ4v) is 2.24. The van der Waals surface area contributed by atoms with Crippen LogP contribution >= 0.6 is 11.3 Å². The predicted molar refractivity (Wildman–Crippen MR) is 69.8 cm³/mol. The van der Waals surface area contributed by atoms with Gasteiger partial charge >= 0.3 is 0 Å². The summed E-state index contributed by atoms with van der Waals surface area (Å²) in [7, 11) is 0. The molecule has 94 valence electrons. The van der Waals surface area contributed by atoms with E-state index < -0.39 is 0 Å². The molecule has 0 bridgehead atoms. The molecule has 0 radical (unpaired) electrons. The lowest BCUT2D eigenvalue weighted by Crippen LogP contribution is -2.27. The molecule has 0 saturated heterocycles. The molecule has 2 N–H and O–H groups in total. The Labute approximate surface area is 108 Å². The normalized spacial score (nSPS) is 12.1. The second-order valence-electron chi connectivity index (χ2n) is 3.95. The molecule has 18 heavy (non-hydrogen) atoms. The predicted octanol–water partition coefficient (Wildman–Crippen LogP) is 1.63. The van der Waals surface area contributed by atoms with Gasteiger partial charge in [-0.2, -0.15) is 0 Å². The van der Waals surface area contributed by atoms with Crippen LogP contribution in [-0.2, 0) is 0 Å². The molecular formula is C12H13N3O2S. The summed E-state index contributed by atoms with van der Waals surface area (Å²) < 4.78 is 0. The lowest BCUT2D eigenvalue weighted by Gasteiger charge is -2.10. The number of nitrogens with one attached hydrogen (secondary N) is 2. The first-order chi connectivity index (χ1) is 8.56. The van der Waals surface area contributed by atoms with Crippen molar-refractivity contribution in [3.8, 4) is 0 Å². The molecule has 0 aliphatic carbocycles. The van der Waals surface area contributed by atoms with Crippen LogP contribution in [0.3, 0.4) is 0 Å². The topological polar surface area (TPSA) is 74.8 Å². The molecule has 0 aliphatic rings. The first kappa shape index (κ1) is 12.5. The molecular weight excluding hydrogens is 250 g/mol. The SMILES string of the molecule is Cc1cnc(C(C)NC(=O)c2ccc(=O)[nH]c2)s1. The second-order valence-corrected chi connectivity index (χ2v) is 5.21. The summed E-state index contributed by atoms with van der Waals surface area (Å²) in [6, 6.07) is 2.67. The van der Waals surface area contributed by atoms with Gasteiger partial charge in [-0.05, 0) is 19.9 Å². The quantitative estimate of drug-likeness (QED) is 0.883. The summed E-state index contributed by atoms with van der Waals surface area (Å²) in [6.07, 6.45) is 3.18. The molecule has 2 aromatic rings. The summed E-state index contributed by atoms with van der Waals surface area (Å²) in [4.78, 5) is 30.6. The largest absolute Gasteiger partial charge is 0.343 e. The van der Waals surface area contributed by atoms with Crippen molar-refractivity contribution in [3.63, 3.8) is 0 Å². The molecule has 0 aromatic carbocycles. The van der Waals surface area contributed by atoms with Gasteiger partial charge in [0, 0.05) is 23.3 Å². The van der Waals surface area contributed by atoms with Crippen LogP contribution in [0.2, 0.25) is 0 Å². The van der Waals surface area contributed by atoms with Crippen molar-refractivity contribution in [2.45, 2.75) is 19.9 Å². The van der Waals surface area contributed by atoms with Gasteiger partial charge in [0.05, 0.1) is 11.6 Å². The van der Waals surface area contributed by atoms with E-state index in [-0.39, 0.29) is 17.5 Å². The second kappa shape index (κ2) is 5.14. The van der Waals surface area contributed by atoms with Gasteiger partial charge in [0.2, 0.25) is 5.56 Å². The minimum atomic E-state index is -0.230. The smallest absolute Gasteiger partial charge is 0.253 e. The third kappa shape index (κ3) is 2.84. The maximum atomic E-state index is 11.9. The number of hydrogen-bond acceptors (Lipinski definition) is 4. The molecule has 0 aliphatic heterocycles. The molecule has 5 nitrogen and oxygen atoms in total. The number of hydrogen-bond donors (Lipinski definition) is 2. The number of aromatic nitrogens is 2. The molecule has 1 amide bonds. The maximum absolute atomic E-state index is 11.9. The van der Waals surface area contributed by atoms with Crippen molar-refractivity contribution in [1.82, 2.24) is 15.3 Å². The Morgan fingerprint density at radius 2 is 2.28 bits per heavy atom. The van der Waals surface area contributed by atoms with Crippen LogP contribution in [0.15, 0.2) is 29.3 Å². The standard InChI is InChI=1S/C12H13N3O2S/c1-7-5-14-12(18-7)8(2)15-11(17)9-3-4-10(16)13-6-9/h3-6,8H,1-2H3,(H,13,16)(H,15,17). The fourth-order valence-electron chi connectivity index (χ4n) is 1.47. The molecule has 2 aromatic heterocycles. The van der Waals surface area contributed by atoms with Crippen LogP contribution in [0, 0.1) is 6.92 Å². The highest BCUT2D eigenvalue weighted by Crippen LogP contribution is 2.19. The van der Waals surface area contributed by atoms with Crippen molar-refractivity contribution < 1.29 is 4.79 Å². The number of carbonyl (C=O) groups is 1. The van der Waals surface area contributed by atoms with Crippen molar-refractivity contribution in [1.29, 1.82) is 0 Å². The number of aryl methyl sites for hydroxylation is 1. The van der Waals surface area contributed by atoms with E-state index in [1.54, 1.807) is 17.5 Å². The van der Waals surface area contributed by atoms with Gasteiger partial charge in [-0.15, -0.1) is 11.3 Å². The molecule has 1 unspecified atom stereocenters. The van der Waals surface area contributed by atoms with Crippen molar-refractivity contribution >= 4 is 17.2 Å². The zero-order chi connectivity index (χ0) is 13.1. The Morgan fingerprint density at radius 1 is 1.50 bits per heavy atom. The number of pyridine rings is 1. The summed E-state index contributed by atoms with van der Waals surface area (Å²) in [5.74, 6) is -0.230.